The number of anilines is 1. The predicted octanol–water partition coefficient (Wildman–Crippen LogP) is 2.41. The molecule has 5 N–H and O–H groups in total. The first-order chi connectivity index (χ1) is 17.8. The van der Waals surface area contributed by atoms with Crippen molar-refractivity contribution in [3.8, 4) is 5.75 Å². The van der Waals surface area contributed by atoms with Gasteiger partial charge in [0.25, 0.3) is 17.7 Å². The standard InChI is InChI=1S/C25H29N5O6S/c1-14-5-10-18(36-14)21(24(32)28-12-17-4-3-11-35-17)30(13-15-6-8-16(34-2)9-7-15)25(33)22-19(26)20(23(27)31)29-37-22/h5-10,17,21H,3-4,11-13,26H2,1-2H3,(H2,27,31)(H,28,32)/t17-,21-/m1/s1. The van der Waals surface area contributed by atoms with Crippen LogP contribution in [0.2, 0.25) is 0 Å². The zero-order valence-electron chi connectivity index (χ0n) is 20.6. The second-order valence-electron chi connectivity index (χ2n) is 8.65. The van der Waals surface area contributed by atoms with Crippen molar-refractivity contribution in [1.29, 1.82) is 0 Å². The molecule has 0 saturated carbocycles. The number of nitrogen functional groups attached to an aromatic ring is 1. The van der Waals surface area contributed by atoms with E-state index in [1.807, 2.05) is 0 Å². The number of hydrogen-bond donors (Lipinski definition) is 3. The maximum absolute atomic E-state index is 13.9. The van der Waals surface area contributed by atoms with Gasteiger partial charge in [-0.25, -0.2) is 0 Å². The summed E-state index contributed by atoms with van der Waals surface area (Å²) >= 11 is 0.751. The molecule has 37 heavy (non-hydrogen) atoms. The third-order valence-corrected chi connectivity index (χ3v) is 6.90. The molecule has 3 amide bonds. The van der Waals surface area contributed by atoms with E-state index in [0.717, 1.165) is 29.9 Å². The maximum Gasteiger partial charge on any atom is 0.270 e. The zero-order chi connectivity index (χ0) is 26.5. The molecule has 196 valence electrons. The van der Waals surface area contributed by atoms with Gasteiger partial charge in [-0.2, -0.15) is 4.37 Å². The van der Waals surface area contributed by atoms with Crippen molar-refractivity contribution in [1.82, 2.24) is 14.6 Å². The van der Waals surface area contributed by atoms with Crippen molar-refractivity contribution in [2.75, 3.05) is 26.0 Å². The quantitative estimate of drug-likeness (QED) is 0.362. The smallest absolute Gasteiger partial charge is 0.270 e. The van der Waals surface area contributed by atoms with Crippen LogP contribution in [0.25, 0.3) is 0 Å². The van der Waals surface area contributed by atoms with Crippen molar-refractivity contribution >= 4 is 34.9 Å². The number of nitrogens with zero attached hydrogens (tertiary/aromatic N) is 2. The Morgan fingerprint density at radius 1 is 1.24 bits per heavy atom. The highest BCUT2D eigenvalue weighted by Gasteiger charge is 2.37. The number of ether oxygens (including phenoxy) is 2. The summed E-state index contributed by atoms with van der Waals surface area (Å²) in [5, 5.41) is 2.91. The van der Waals surface area contributed by atoms with Gasteiger partial charge >= 0.3 is 0 Å². The topological polar surface area (TPSA) is 163 Å². The first-order valence-corrected chi connectivity index (χ1v) is 12.5. The number of furan rings is 1. The molecule has 2 aromatic heterocycles. The highest BCUT2D eigenvalue weighted by Crippen LogP contribution is 2.31. The minimum atomic E-state index is -1.14. The fourth-order valence-electron chi connectivity index (χ4n) is 4.11. The molecule has 2 atom stereocenters. The SMILES string of the molecule is COc1ccc(CN(C(=O)c2snc(C(N)=O)c2N)[C@@H](C(=O)NC[C@H]2CCCO2)c2ccc(C)o2)cc1. The lowest BCUT2D eigenvalue weighted by molar-refractivity contribution is -0.127. The van der Waals surface area contributed by atoms with Crippen molar-refractivity contribution < 1.29 is 28.3 Å². The highest BCUT2D eigenvalue weighted by molar-refractivity contribution is 7.09. The summed E-state index contributed by atoms with van der Waals surface area (Å²) in [6.45, 7) is 2.73. The summed E-state index contributed by atoms with van der Waals surface area (Å²) in [7, 11) is 1.56. The minimum absolute atomic E-state index is 0.00233. The Morgan fingerprint density at radius 3 is 2.57 bits per heavy atom. The average Bonchev–Trinajstić information content (AvgIpc) is 3.64. The number of carbonyl (C=O) groups excluding carboxylic acids is 3. The number of nitrogens with two attached hydrogens (primary N) is 2. The molecule has 11 nitrogen and oxygen atoms in total. The van der Waals surface area contributed by atoms with Crippen molar-refractivity contribution in [2.24, 2.45) is 5.73 Å². The van der Waals surface area contributed by atoms with E-state index in [0.29, 0.717) is 24.7 Å². The molecular weight excluding hydrogens is 498 g/mol. The lowest BCUT2D eigenvalue weighted by atomic mass is 10.1. The van der Waals surface area contributed by atoms with Crippen LogP contribution in [0, 0.1) is 6.92 Å². The molecule has 0 unspecified atom stereocenters. The van der Waals surface area contributed by atoms with Crippen LogP contribution in [0.5, 0.6) is 5.75 Å². The van der Waals surface area contributed by atoms with Gasteiger partial charge in [0.15, 0.2) is 11.7 Å². The minimum Gasteiger partial charge on any atom is -0.497 e. The lowest BCUT2D eigenvalue weighted by Crippen LogP contribution is -2.45. The van der Waals surface area contributed by atoms with Gasteiger partial charge in [0, 0.05) is 19.7 Å². The normalized spacial score (nSPS) is 15.8. The first-order valence-electron chi connectivity index (χ1n) is 11.7. The van der Waals surface area contributed by atoms with E-state index in [9.17, 15) is 14.4 Å². The number of carbonyl (C=O) groups is 3. The molecule has 0 bridgehead atoms. The van der Waals surface area contributed by atoms with Crippen LogP contribution in [0.3, 0.4) is 0 Å². The Hall–Kier alpha value is -3.90. The summed E-state index contributed by atoms with van der Waals surface area (Å²) in [4.78, 5) is 40.6. The third-order valence-electron chi connectivity index (χ3n) is 6.05. The molecule has 12 heteroatoms. The van der Waals surface area contributed by atoms with Crippen LogP contribution in [0.4, 0.5) is 5.69 Å². The number of hydrogen-bond acceptors (Lipinski definition) is 9. The molecule has 0 radical (unpaired) electrons. The fraction of sp³-hybridized carbons (Fsp3) is 0.360. The number of benzene rings is 1. The number of aryl methyl sites for hydroxylation is 1. The number of methoxy groups -OCH3 is 1. The van der Waals surface area contributed by atoms with Gasteiger partial charge < -0.3 is 35.6 Å². The summed E-state index contributed by atoms with van der Waals surface area (Å²) < 4.78 is 20.6. The van der Waals surface area contributed by atoms with Gasteiger partial charge in [0.2, 0.25) is 0 Å². The van der Waals surface area contributed by atoms with Gasteiger partial charge in [-0.1, -0.05) is 12.1 Å². The number of nitrogens with one attached hydrogen (secondary N) is 1. The van der Waals surface area contributed by atoms with Crippen LogP contribution in [-0.2, 0) is 16.1 Å². The second kappa shape index (κ2) is 11.4. The van der Waals surface area contributed by atoms with E-state index < -0.39 is 23.8 Å². The number of aromatic nitrogens is 1. The summed E-state index contributed by atoms with van der Waals surface area (Å²) in [6, 6.07) is 9.34. The van der Waals surface area contributed by atoms with Crippen LogP contribution >= 0.6 is 11.5 Å². The molecule has 1 aromatic carbocycles. The zero-order valence-corrected chi connectivity index (χ0v) is 21.4. The van der Waals surface area contributed by atoms with Gasteiger partial charge in [0.05, 0.1) is 18.9 Å². The Kier molecular flexibility index (Phi) is 8.09. The van der Waals surface area contributed by atoms with Crippen LogP contribution < -0.4 is 21.5 Å². The molecular formula is C25H29N5O6S. The molecule has 1 aliphatic rings. The van der Waals surface area contributed by atoms with Gasteiger partial charge in [0.1, 0.15) is 22.1 Å². The Morgan fingerprint density at radius 2 is 2.00 bits per heavy atom. The largest absolute Gasteiger partial charge is 0.497 e. The predicted molar refractivity (Wildman–Crippen MR) is 136 cm³/mol. The van der Waals surface area contributed by atoms with E-state index in [2.05, 4.69) is 9.69 Å². The van der Waals surface area contributed by atoms with Crippen LogP contribution in [-0.4, -0.2) is 53.4 Å². The molecule has 0 spiro atoms. The second-order valence-corrected chi connectivity index (χ2v) is 9.42. The first kappa shape index (κ1) is 26.2. The van der Waals surface area contributed by atoms with Crippen LogP contribution in [0.15, 0.2) is 40.8 Å². The molecule has 3 heterocycles. The number of rotatable bonds is 10. The Bertz CT molecular complexity index is 1260. The molecule has 3 aromatic rings. The van der Waals surface area contributed by atoms with E-state index in [1.54, 1.807) is 50.4 Å². The highest BCUT2D eigenvalue weighted by atomic mass is 32.1. The summed E-state index contributed by atoms with van der Waals surface area (Å²) in [6.07, 6.45) is 1.67. The van der Waals surface area contributed by atoms with E-state index >= 15 is 0 Å². The van der Waals surface area contributed by atoms with Crippen molar-refractivity contribution in [3.05, 3.63) is 64.1 Å². The average molecular weight is 528 g/mol. The molecule has 4 rings (SSSR count). The van der Waals surface area contributed by atoms with E-state index in [1.165, 1.54) is 4.90 Å². The number of amides is 3. The molecule has 0 aliphatic carbocycles. The summed E-state index contributed by atoms with van der Waals surface area (Å²) in [5.41, 5.74) is 11.8. The number of primary amides is 1. The summed E-state index contributed by atoms with van der Waals surface area (Å²) in [5.74, 6) is -0.372. The van der Waals surface area contributed by atoms with E-state index in [4.69, 9.17) is 25.4 Å². The lowest BCUT2D eigenvalue weighted by Gasteiger charge is -2.30. The van der Waals surface area contributed by atoms with E-state index in [-0.39, 0.29) is 34.7 Å². The third kappa shape index (κ3) is 5.92. The van der Waals surface area contributed by atoms with Gasteiger partial charge in [-0.3, -0.25) is 14.4 Å². The van der Waals surface area contributed by atoms with Crippen molar-refractivity contribution in [3.63, 3.8) is 0 Å². The molecule has 1 fully saturated rings. The van der Waals surface area contributed by atoms with Crippen LogP contribution in [0.1, 0.15) is 56.1 Å². The monoisotopic (exact) mass is 527 g/mol. The van der Waals surface area contributed by atoms with Gasteiger partial charge in [-0.15, -0.1) is 0 Å². The molecule has 1 saturated heterocycles. The molecule has 1 aliphatic heterocycles. The fourth-order valence-corrected chi connectivity index (χ4v) is 4.87. The maximum atomic E-state index is 13.9. The Labute approximate surface area is 217 Å². The Balaban J connectivity index is 1.73. The van der Waals surface area contributed by atoms with Crippen molar-refractivity contribution in [2.45, 2.75) is 38.5 Å². The van der Waals surface area contributed by atoms with Gasteiger partial charge in [-0.05, 0) is 61.1 Å².